The van der Waals surface area contributed by atoms with Gasteiger partial charge in [-0.1, -0.05) is 146 Å². The van der Waals surface area contributed by atoms with Crippen LogP contribution in [0.25, 0.3) is 0 Å². The fraction of sp³-hybridized carbons (Fsp3) is 0.564. The minimum Gasteiger partial charge on any atom is -0.289 e. The summed E-state index contributed by atoms with van der Waals surface area (Å²) in [5, 5.41) is 0. The van der Waals surface area contributed by atoms with Crippen LogP contribution < -0.4 is 0 Å². The van der Waals surface area contributed by atoms with Crippen LogP contribution in [0.15, 0.2) is 117 Å². The summed E-state index contributed by atoms with van der Waals surface area (Å²) < 4.78 is 0. The van der Waals surface area contributed by atoms with Gasteiger partial charge in [-0.05, 0) is 164 Å². The van der Waals surface area contributed by atoms with Crippen molar-refractivity contribution in [3.63, 3.8) is 0 Å². The molecular formula is C55H82O2. The molecule has 1 aliphatic rings. The molecule has 2 nitrogen and oxygen atoms in total. The predicted molar refractivity (Wildman–Crippen MR) is 251 cm³/mol. The number of Topliss-reactive ketones (excluding diaryl/α,β-unsaturated/α-hetero) is 2. The van der Waals surface area contributed by atoms with Crippen LogP contribution >= 0.6 is 0 Å². The fourth-order valence-electron chi connectivity index (χ4n) is 7.80. The number of rotatable bonds is 28. The summed E-state index contributed by atoms with van der Waals surface area (Å²) in [5.41, 5.74) is 11.3. The molecule has 1 aliphatic carbocycles. The highest BCUT2D eigenvalue weighted by molar-refractivity contribution is 6.26. The lowest BCUT2D eigenvalue weighted by Gasteiger charge is -2.18. The summed E-state index contributed by atoms with van der Waals surface area (Å²) in [6, 6.07) is 7.20. The van der Waals surface area contributed by atoms with Gasteiger partial charge in [0.05, 0.1) is 0 Å². The second-order valence-electron chi connectivity index (χ2n) is 17.7. The van der Waals surface area contributed by atoms with Gasteiger partial charge < -0.3 is 0 Å². The first kappa shape index (κ1) is 49.6. The van der Waals surface area contributed by atoms with Crippen LogP contribution in [0.1, 0.15) is 212 Å². The molecule has 2 unspecified atom stereocenters. The number of hydrogen-bond donors (Lipinski definition) is 0. The Hall–Kier alpha value is -3.52. The van der Waals surface area contributed by atoms with E-state index in [2.05, 4.69) is 111 Å². The van der Waals surface area contributed by atoms with E-state index in [1.54, 1.807) is 19.1 Å². The van der Waals surface area contributed by atoms with Gasteiger partial charge in [-0.2, -0.15) is 0 Å². The Kier molecular flexibility index (Phi) is 25.1. The van der Waals surface area contributed by atoms with Gasteiger partial charge >= 0.3 is 0 Å². The average Bonchev–Trinajstić information content (AvgIpc) is 3.17. The van der Waals surface area contributed by atoms with Crippen LogP contribution in [-0.2, 0) is 0 Å². The lowest BCUT2D eigenvalue weighted by molar-refractivity contribution is 0.0973. The number of benzene rings is 1. The van der Waals surface area contributed by atoms with E-state index in [1.165, 1.54) is 110 Å². The van der Waals surface area contributed by atoms with Gasteiger partial charge in [-0.25, -0.2) is 0 Å². The Morgan fingerprint density at radius 2 is 0.912 bits per heavy atom. The van der Waals surface area contributed by atoms with Crippen molar-refractivity contribution in [1.29, 1.82) is 0 Å². The molecule has 2 rings (SSSR count). The zero-order valence-corrected chi connectivity index (χ0v) is 38.3. The zero-order valence-electron chi connectivity index (χ0n) is 38.3. The molecular weight excluding hydrogens is 693 g/mol. The first-order valence-corrected chi connectivity index (χ1v) is 22.7. The van der Waals surface area contributed by atoms with Crippen molar-refractivity contribution in [3.8, 4) is 0 Å². The highest BCUT2D eigenvalue weighted by Gasteiger charge is 2.28. The quantitative estimate of drug-likeness (QED) is 0.0795. The van der Waals surface area contributed by atoms with E-state index < -0.39 is 0 Å². The van der Waals surface area contributed by atoms with E-state index >= 15 is 0 Å². The maximum atomic E-state index is 13.0. The Morgan fingerprint density at radius 1 is 0.509 bits per heavy atom. The van der Waals surface area contributed by atoms with Gasteiger partial charge in [0.1, 0.15) is 0 Å². The first-order chi connectivity index (χ1) is 27.3. The van der Waals surface area contributed by atoms with Gasteiger partial charge in [0.2, 0.25) is 0 Å². The second kappa shape index (κ2) is 28.8. The average molecular weight is 775 g/mol. The van der Waals surface area contributed by atoms with E-state index in [0.29, 0.717) is 28.7 Å². The Morgan fingerprint density at radius 3 is 1.40 bits per heavy atom. The Labute approximate surface area is 351 Å². The third-order valence-electron chi connectivity index (χ3n) is 12.0. The lowest BCUT2D eigenvalue weighted by atomic mass is 9.83. The predicted octanol–water partition coefficient (Wildman–Crippen LogP) is 17.3. The zero-order chi connectivity index (χ0) is 42.0. The monoisotopic (exact) mass is 775 g/mol. The van der Waals surface area contributed by atoms with Crippen LogP contribution in [0.3, 0.4) is 0 Å². The molecule has 0 saturated carbocycles. The van der Waals surface area contributed by atoms with E-state index in [1.807, 2.05) is 12.1 Å². The van der Waals surface area contributed by atoms with Crippen molar-refractivity contribution in [2.45, 2.75) is 191 Å². The molecule has 0 radical (unpaired) electrons. The summed E-state index contributed by atoms with van der Waals surface area (Å²) in [4.78, 5) is 25.8. The van der Waals surface area contributed by atoms with E-state index in [4.69, 9.17) is 0 Å². The molecule has 0 heterocycles. The molecule has 1 aromatic rings. The highest BCUT2D eigenvalue weighted by Crippen LogP contribution is 2.29. The number of allylic oxidation sites excluding steroid dienone is 16. The molecule has 0 bridgehead atoms. The van der Waals surface area contributed by atoms with Crippen molar-refractivity contribution in [2.24, 2.45) is 11.8 Å². The SMILES string of the molecule is CC=CCCC(C)=CCCC(C)=CCCC(C)=CCCC(C)=CCCC(C)=CCCC(C)CCCC(C)CCCC(C)=CCC1=C(C)C(=O)c2ccccc2C1=O. The minimum atomic E-state index is -0.00896. The van der Waals surface area contributed by atoms with Gasteiger partial charge in [-0.15, -0.1) is 0 Å². The molecule has 0 amide bonds. The van der Waals surface area contributed by atoms with Crippen molar-refractivity contribution in [3.05, 3.63) is 129 Å². The third-order valence-corrected chi connectivity index (χ3v) is 12.0. The number of hydrogen-bond acceptors (Lipinski definition) is 2. The maximum Gasteiger partial charge on any atom is 0.190 e. The summed E-state index contributed by atoms with van der Waals surface area (Å²) in [5.74, 6) is 1.52. The molecule has 2 atom stereocenters. The van der Waals surface area contributed by atoms with E-state index in [0.717, 1.165) is 50.4 Å². The maximum absolute atomic E-state index is 13.0. The van der Waals surface area contributed by atoms with Crippen LogP contribution in [0.5, 0.6) is 0 Å². The van der Waals surface area contributed by atoms with E-state index in [-0.39, 0.29) is 11.6 Å². The summed E-state index contributed by atoms with van der Waals surface area (Å²) in [6.45, 7) is 22.4. The molecule has 0 spiro atoms. The van der Waals surface area contributed by atoms with Crippen LogP contribution in [0, 0.1) is 11.8 Å². The van der Waals surface area contributed by atoms with Gasteiger partial charge in [-0.3, -0.25) is 9.59 Å². The summed E-state index contributed by atoms with van der Waals surface area (Å²) in [7, 11) is 0. The smallest absolute Gasteiger partial charge is 0.190 e. The molecule has 57 heavy (non-hydrogen) atoms. The summed E-state index contributed by atoms with van der Waals surface area (Å²) >= 11 is 0. The lowest BCUT2D eigenvalue weighted by Crippen LogP contribution is -2.20. The molecule has 0 saturated heterocycles. The van der Waals surface area contributed by atoms with Gasteiger partial charge in [0.15, 0.2) is 11.6 Å². The van der Waals surface area contributed by atoms with Gasteiger partial charge in [0, 0.05) is 22.3 Å². The van der Waals surface area contributed by atoms with Crippen molar-refractivity contribution < 1.29 is 9.59 Å². The normalized spacial score (nSPS) is 16.2. The number of fused-ring (bicyclic) bond motifs is 1. The van der Waals surface area contributed by atoms with Crippen LogP contribution in [0.4, 0.5) is 0 Å². The van der Waals surface area contributed by atoms with Crippen molar-refractivity contribution in [2.75, 3.05) is 0 Å². The van der Waals surface area contributed by atoms with Crippen molar-refractivity contribution in [1.82, 2.24) is 0 Å². The number of carbonyl (C=O) groups excluding carboxylic acids is 2. The van der Waals surface area contributed by atoms with Crippen LogP contribution in [0.2, 0.25) is 0 Å². The Bertz CT molecular complexity index is 1640. The third kappa shape index (κ3) is 21.2. The molecule has 1 aromatic carbocycles. The van der Waals surface area contributed by atoms with Crippen LogP contribution in [-0.4, -0.2) is 11.6 Å². The number of carbonyl (C=O) groups is 2. The second-order valence-corrected chi connectivity index (χ2v) is 17.7. The minimum absolute atomic E-state index is 0.00872. The Balaban J connectivity index is 1.54. The molecule has 0 fully saturated rings. The standard InChI is InChI=1S/C55H82O2/c1-11-12-13-23-42(2)24-16-25-43(3)26-17-27-44(4)28-18-29-45(5)30-19-31-46(6)32-20-33-47(7)34-21-35-48(8)36-22-37-49(9)40-41-51-50(10)54(56)52-38-14-15-39-53(52)55(51)57/h11-12,14-15,24,26,28,30,32,38-40,47-48H,13,16-23,25,27,29,31,33-37,41H2,1-10H3. The highest BCUT2D eigenvalue weighted by atomic mass is 16.1. The number of ketones is 2. The molecule has 2 heteroatoms. The molecule has 0 aliphatic heterocycles. The molecule has 314 valence electrons. The molecule has 0 aromatic heterocycles. The first-order valence-electron chi connectivity index (χ1n) is 22.7. The topological polar surface area (TPSA) is 34.1 Å². The summed E-state index contributed by atoms with van der Waals surface area (Å²) in [6.07, 6.45) is 41.0. The fourth-order valence-corrected chi connectivity index (χ4v) is 7.80. The molecule has 0 N–H and O–H groups in total. The largest absolute Gasteiger partial charge is 0.289 e. The van der Waals surface area contributed by atoms with E-state index in [9.17, 15) is 9.59 Å². The van der Waals surface area contributed by atoms with Crippen molar-refractivity contribution >= 4 is 11.6 Å². The van der Waals surface area contributed by atoms with Gasteiger partial charge in [0.25, 0.3) is 0 Å².